The van der Waals surface area contributed by atoms with Crippen molar-refractivity contribution >= 4 is 17.3 Å². The van der Waals surface area contributed by atoms with Crippen LogP contribution in [-0.2, 0) is 6.61 Å². The van der Waals surface area contributed by atoms with Gasteiger partial charge < -0.3 is 10.5 Å². The molecule has 0 spiro atoms. The molecule has 0 saturated carbocycles. The van der Waals surface area contributed by atoms with E-state index in [9.17, 15) is 0 Å². The minimum absolute atomic E-state index is 0.464. The first-order chi connectivity index (χ1) is 7.74. The Hall–Kier alpha value is -1.74. The lowest BCUT2D eigenvalue weighted by Gasteiger charge is -2.06. The van der Waals surface area contributed by atoms with Crippen molar-refractivity contribution in [2.45, 2.75) is 6.61 Å². The number of hydrogen-bond acceptors (Lipinski definition) is 3. The second kappa shape index (κ2) is 4.86. The SMILES string of the molecule is Nc1ccc(OCc2ccnc(Cl)c2)cc1. The highest BCUT2D eigenvalue weighted by Gasteiger charge is 1.97. The number of halogens is 1. The third-order valence-corrected chi connectivity index (χ3v) is 2.28. The van der Waals surface area contributed by atoms with Crippen molar-refractivity contribution in [1.82, 2.24) is 4.98 Å². The number of nitrogens with zero attached hydrogens (tertiary/aromatic N) is 1. The zero-order valence-corrected chi connectivity index (χ0v) is 9.32. The third kappa shape index (κ3) is 2.87. The van der Waals surface area contributed by atoms with Gasteiger partial charge in [-0.25, -0.2) is 4.98 Å². The van der Waals surface area contributed by atoms with Crippen LogP contribution >= 0.6 is 11.6 Å². The Morgan fingerprint density at radius 2 is 1.94 bits per heavy atom. The van der Waals surface area contributed by atoms with E-state index in [1.54, 1.807) is 24.4 Å². The van der Waals surface area contributed by atoms with E-state index in [0.29, 0.717) is 11.8 Å². The van der Waals surface area contributed by atoms with Gasteiger partial charge in [0.05, 0.1) is 0 Å². The molecule has 0 bridgehead atoms. The van der Waals surface area contributed by atoms with Crippen LogP contribution in [0.2, 0.25) is 5.15 Å². The van der Waals surface area contributed by atoms with Crippen molar-refractivity contribution < 1.29 is 4.74 Å². The van der Waals surface area contributed by atoms with E-state index in [1.807, 2.05) is 18.2 Å². The molecule has 4 heteroatoms. The summed E-state index contributed by atoms with van der Waals surface area (Å²) in [7, 11) is 0. The summed E-state index contributed by atoms with van der Waals surface area (Å²) in [4.78, 5) is 3.90. The van der Waals surface area contributed by atoms with Gasteiger partial charge >= 0.3 is 0 Å². The van der Waals surface area contributed by atoms with Crippen LogP contribution in [0.25, 0.3) is 0 Å². The largest absolute Gasteiger partial charge is 0.489 e. The number of pyridine rings is 1. The number of ether oxygens (including phenoxy) is 1. The predicted octanol–water partition coefficient (Wildman–Crippen LogP) is 2.90. The second-order valence-electron chi connectivity index (χ2n) is 3.34. The Morgan fingerprint density at radius 3 is 2.62 bits per heavy atom. The van der Waals surface area contributed by atoms with Gasteiger partial charge in [0.15, 0.2) is 0 Å². The molecule has 3 nitrogen and oxygen atoms in total. The van der Waals surface area contributed by atoms with Crippen molar-refractivity contribution in [1.29, 1.82) is 0 Å². The highest BCUT2D eigenvalue weighted by molar-refractivity contribution is 6.29. The van der Waals surface area contributed by atoms with Crippen LogP contribution in [0, 0.1) is 0 Å². The zero-order valence-electron chi connectivity index (χ0n) is 8.56. The van der Waals surface area contributed by atoms with E-state index < -0.39 is 0 Å². The minimum Gasteiger partial charge on any atom is -0.489 e. The van der Waals surface area contributed by atoms with Gasteiger partial charge in [-0.3, -0.25) is 0 Å². The Bertz CT molecular complexity index is 471. The molecule has 0 aliphatic carbocycles. The molecule has 1 aromatic carbocycles. The molecule has 0 radical (unpaired) electrons. The van der Waals surface area contributed by atoms with Gasteiger partial charge in [0, 0.05) is 11.9 Å². The first kappa shape index (κ1) is 10.8. The van der Waals surface area contributed by atoms with E-state index in [1.165, 1.54) is 0 Å². The maximum absolute atomic E-state index is 5.76. The van der Waals surface area contributed by atoms with Crippen molar-refractivity contribution in [3.63, 3.8) is 0 Å². The smallest absolute Gasteiger partial charge is 0.129 e. The van der Waals surface area contributed by atoms with E-state index >= 15 is 0 Å². The molecule has 2 N–H and O–H groups in total. The van der Waals surface area contributed by atoms with E-state index in [0.717, 1.165) is 17.0 Å². The fourth-order valence-electron chi connectivity index (χ4n) is 1.26. The summed E-state index contributed by atoms with van der Waals surface area (Å²) in [5, 5.41) is 0.471. The van der Waals surface area contributed by atoms with E-state index in [2.05, 4.69) is 4.98 Å². The standard InChI is InChI=1S/C12H11ClN2O/c13-12-7-9(5-6-15-12)8-16-11-3-1-10(14)2-4-11/h1-7H,8,14H2. The van der Waals surface area contributed by atoms with Gasteiger partial charge in [-0.05, 0) is 42.0 Å². The molecule has 82 valence electrons. The fraction of sp³-hybridized carbons (Fsp3) is 0.0833. The third-order valence-electron chi connectivity index (χ3n) is 2.08. The van der Waals surface area contributed by atoms with Crippen molar-refractivity contribution in [2.24, 2.45) is 0 Å². The lowest BCUT2D eigenvalue weighted by molar-refractivity contribution is 0.306. The van der Waals surface area contributed by atoms with Crippen LogP contribution in [0.3, 0.4) is 0 Å². The summed E-state index contributed by atoms with van der Waals surface area (Å²) >= 11 is 5.76. The van der Waals surface area contributed by atoms with Crippen LogP contribution in [0.4, 0.5) is 5.69 Å². The number of hydrogen-bond donors (Lipinski definition) is 1. The highest BCUT2D eigenvalue weighted by atomic mass is 35.5. The lowest BCUT2D eigenvalue weighted by atomic mass is 10.3. The Morgan fingerprint density at radius 1 is 1.19 bits per heavy atom. The summed E-state index contributed by atoms with van der Waals surface area (Å²) in [6.07, 6.45) is 1.66. The maximum atomic E-state index is 5.76. The zero-order chi connectivity index (χ0) is 11.4. The Balaban J connectivity index is 1.99. The molecule has 0 saturated heterocycles. The van der Waals surface area contributed by atoms with E-state index in [-0.39, 0.29) is 0 Å². The molecular formula is C12H11ClN2O. The molecule has 0 aliphatic rings. The molecule has 0 unspecified atom stereocenters. The molecule has 0 atom stereocenters. The summed E-state index contributed by atoms with van der Waals surface area (Å²) in [5.41, 5.74) is 7.28. The number of rotatable bonds is 3. The van der Waals surface area contributed by atoms with Gasteiger partial charge in [0.1, 0.15) is 17.5 Å². The summed E-state index contributed by atoms with van der Waals surface area (Å²) in [5.74, 6) is 0.780. The summed E-state index contributed by atoms with van der Waals surface area (Å²) in [6, 6.07) is 10.9. The average Bonchev–Trinajstić information content (AvgIpc) is 2.28. The monoisotopic (exact) mass is 234 g/mol. The Kier molecular flexibility index (Phi) is 3.27. The molecule has 2 aromatic rings. The van der Waals surface area contributed by atoms with Gasteiger partial charge in [0.2, 0.25) is 0 Å². The van der Waals surface area contributed by atoms with E-state index in [4.69, 9.17) is 22.1 Å². The first-order valence-electron chi connectivity index (χ1n) is 4.83. The molecule has 0 fully saturated rings. The maximum Gasteiger partial charge on any atom is 0.129 e. The average molecular weight is 235 g/mol. The van der Waals surface area contributed by atoms with Gasteiger partial charge in [-0.1, -0.05) is 11.6 Å². The number of nitrogen functional groups attached to an aromatic ring is 1. The van der Waals surface area contributed by atoms with Gasteiger partial charge in [0.25, 0.3) is 0 Å². The minimum atomic E-state index is 0.464. The molecule has 0 aliphatic heterocycles. The number of nitrogens with two attached hydrogens (primary N) is 1. The molecule has 1 heterocycles. The molecule has 16 heavy (non-hydrogen) atoms. The topological polar surface area (TPSA) is 48.1 Å². The Labute approximate surface area is 98.8 Å². The molecular weight excluding hydrogens is 224 g/mol. The molecule has 2 rings (SSSR count). The highest BCUT2D eigenvalue weighted by Crippen LogP contribution is 2.15. The number of aromatic nitrogens is 1. The fourth-order valence-corrected chi connectivity index (χ4v) is 1.46. The normalized spacial score (nSPS) is 10.1. The summed E-state index contributed by atoms with van der Waals surface area (Å²) < 4.78 is 5.56. The number of benzene rings is 1. The van der Waals surface area contributed by atoms with Crippen LogP contribution in [0.15, 0.2) is 42.6 Å². The van der Waals surface area contributed by atoms with Crippen LogP contribution in [-0.4, -0.2) is 4.98 Å². The van der Waals surface area contributed by atoms with Crippen molar-refractivity contribution in [2.75, 3.05) is 5.73 Å². The second-order valence-corrected chi connectivity index (χ2v) is 3.73. The van der Waals surface area contributed by atoms with Crippen molar-refractivity contribution in [3.05, 3.63) is 53.3 Å². The number of anilines is 1. The van der Waals surface area contributed by atoms with Gasteiger partial charge in [-0.15, -0.1) is 0 Å². The molecule has 0 amide bonds. The van der Waals surface area contributed by atoms with Gasteiger partial charge in [-0.2, -0.15) is 0 Å². The first-order valence-corrected chi connectivity index (χ1v) is 5.20. The quantitative estimate of drug-likeness (QED) is 0.656. The van der Waals surface area contributed by atoms with Crippen LogP contribution in [0.1, 0.15) is 5.56 Å². The lowest BCUT2D eigenvalue weighted by Crippen LogP contribution is -1.96. The predicted molar refractivity (Wildman–Crippen MR) is 64.4 cm³/mol. The van der Waals surface area contributed by atoms with Crippen LogP contribution in [0.5, 0.6) is 5.75 Å². The van der Waals surface area contributed by atoms with Crippen LogP contribution < -0.4 is 10.5 Å². The summed E-state index contributed by atoms with van der Waals surface area (Å²) in [6.45, 7) is 0.464. The molecule has 1 aromatic heterocycles. The van der Waals surface area contributed by atoms with Crippen molar-refractivity contribution in [3.8, 4) is 5.75 Å².